The predicted molar refractivity (Wildman–Crippen MR) is 77.6 cm³/mol. The lowest BCUT2D eigenvalue weighted by Crippen LogP contribution is -2.35. The van der Waals surface area contributed by atoms with E-state index in [0.29, 0.717) is 18.2 Å². The molecule has 0 spiro atoms. The van der Waals surface area contributed by atoms with Crippen LogP contribution in [0.5, 0.6) is 5.75 Å². The summed E-state index contributed by atoms with van der Waals surface area (Å²) in [6.07, 6.45) is 0.125. The number of aromatic nitrogens is 3. The van der Waals surface area contributed by atoms with Crippen molar-refractivity contribution in [3.05, 3.63) is 35.9 Å². The largest absolute Gasteiger partial charge is 0.497 e. The second-order valence-electron chi connectivity index (χ2n) is 4.26. The fraction of sp³-hybridized carbons (Fsp3) is 0.308. The van der Waals surface area contributed by atoms with Crippen LogP contribution >= 0.6 is 0 Å². The Bertz CT molecular complexity index is 581. The molecule has 0 unspecified atom stereocenters. The highest BCUT2D eigenvalue weighted by Gasteiger charge is 2.08. The predicted octanol–water partition coefficient (Wildman–Crippen LogP) is 0.219. The van der Waals surface area contributed by atoms with Crippen LogP contribution in [-0.2, 0) is 17.8 Å². The van der Waals surface area contributed by atoms with E-state index in [1.165, 1.54) is 0 Å². The Hall–Kier alpha value is -2.61. The second-order valence-corrected chi connectivity index (χ2v) is 4.26. The van der Waals surface area contributed by atoms with Gasteiger partial charge in [-0.2, -0.15) is 5.10 Å². The number of nitrogens with zero attached hydrogens (tertiary/aromatic N) is 2. The van der Waals surface area contributed by atoms with Crippen LogP contribution < -0.4 is 20.9 Å². The van der Waals surface area contributed by atoms with Gasteiger partial charge in [-0.15, -0.1) is 0 Å². The minimum Gasteiger partial charge on any atom is -0.497 e. The molecule has 0 radical (unpaired) electrons. The van der Waals surface area contributed by atoms with E-state index >= 15 is 0 Å². The summed E-state index contributed by atoms with van der Waals surface area (Å²) < 4.78 is 5.09. The Labute approximate surface area is 122 Å². The fourth-order valence-corrected chi connectivity index (χ4v) is 1.71. The van der Waals surface area contributed by atoms with Crippen LogP contribution in [0.15, 0.2) is 24.3 Å². The van der Waals surface area contributed by atoms with Crippen molar-refractivity contribution in [1.82, 2.24) is 26.0 Å². The quantitative estimate of drug-likeness (QED) is 0.544. The van der Waals surface area contributed by atoms with Gasteiger partial charge in [-0.25, -0.2) is 10.4 Å². The van der Waals surface area contributed by atoms with E-state index in [0.717, 1.165) is 11.4 Å². The summed E-state index contributed by atoms with van der Waals surface area (Å²) in [5.74, 6) is 1.73. The van der Waals surface area contributed by atoms with E-state index in [1.807, 2.05) is 24.3 Å². The number of ether oxygens (including phenoxy) is 1. The Morgan fingerprint density at radius 2 is 2.10 bits per heavy atom. The van der Waals surface area contributed by atoms with Gasteiger partial charge in [-0.3, -0.25) is 15.3 Å². The van der Waals surface area contributed by atoms with E-state index in [9.17, 15) is 4.79 Å². The maximum Gasteiger partial charge on any atom is 0.241 e. The zero-order valence-corrected chi connectivity index (χ0v) is 11.9. The normalized spacial score (nSPS) is 10.2. The second kappa shape index (κ2) is 7.25. The van der Waals surface area contributed by atoms with E-state index < -0.39 is 0 Å². The lowest BCUT2D eigenvalue weighted by molar-refractivity contribution is -0.121. The van der Waals surface area contributed by atoms with Crippen molar-refractivity contribution < 1.29 is 9.53 Å². The Morgan fingerprint density at radius 3 is 2.76 bits per heavy atom. The first-order valence-corrected chi connectivity index (χ1v) is 6.45. The molecule has 2 rings (SSSR count). The molecule has 0 aliphatic rings. The van der Waals surface area contributed by atoms with Crippen LogP contribution in [0.4, 0.5) is 5.69 Å². The minimum absolute atomic E-state index is 0.125. The van der Waals surface area contributed by atoms with Crippen molar-refractivity contribution in [1.29, 1.82) is 0 Å². The van der Waals surface area contributed by atoms with E-state index in [1.54, 1.807) is 14.2 Å². The Balaban J connectivity index is 1.85. The molecule has 0 saturated heterocycles. The zero-order chi connectivity index (χ0) is 15.1. The standard InChI is InChI=1S/C13H18N6O2/c1-14-19-13(20)7-11-16-12(18-17-11)8-15-9-3-5-10(21-2)6-4-9/h3-6,14-15H,7-8H2,1-2H3,(H,19,20)(H,16,17,18). The van der Waals surface area contributed by atoms with Crippen LogP contribution in [-0.4, -0.2) is 35.2 Å². The van der Waals surface area contributed by atoms with Crippen LogP contribution in [0.1, 0.15) is 11.6 Å². The molecule has 0 atom stereocenters. The van der Waals surface area contributed by atoms with Crippen molar-refractivity contribution in [2.24, 2.45) is 0 Å². The molecule has 1 amide bonds. The highest BCUT2D eigenvalue weighted by molar-refractivity contribution is 5.77. The van der Waals surface area contributed by atoms with Gasteiger partial charge >= 0.3 is 0 Å². The number of H-pyrrole nitrogens is 1. The number of hydrogen-bond acceptors (Lipinski definition) is 6. The van der Waals surface area contributed by atoms with Crippen LogP contribution in [0.2, 0.25) is 0 Å². The van der Waals surface area contributed by atoms with E-state index in [2.05, 4.69) is 31.3 Å². The molecular weight excluding hydrogens is 272 g/mol. The molecule has 1 aromatic carbocycles. The summed E-state index contributed by atoms with van der Waals surface area (Å²) in [7, 11) is 3.25. The fourth-order valence-electron chi connectivity index (χ4n) is 1.71. The van der Waals surface area contributed by atoms with Gasteiger partial charge in [-0.1, -0.05) is 0 Å². The first-order valence-electron chi connectivity index (χ1n) is 6.45. The molecule has 0 aliphatic heterocycles. The van der Waals surface area contributed by atoms with Gasteiger partial charge in [0.2, 0.25) is 5.91 Å². The molecule has 8 heteroatoms. The first kappa shape index (κ1) is 14.8. The molecule has 0 aliphatic carbocycles. The summed E-state index contributed by atoms with van der Waals surface area (Å²) in [4.78, 5) is 15.6. The molecular formula is C13H18N6O2. The molecule has 1 aromatic heterocycles. The molecule has 112 valence electrons. The molecule has 4 N–H and O–H groups in total. The van der Waals surface area contributed by atoms with Gasteiger partial charge in [-0.05, 0) is 24.3 Å². The average Bonchev–Trinajstić information content (AvgIpc) is 2.93. The number of anilines is 1. The lowest BCUT2D eigenvalue weighted by Gasteiger charge is -2.05. The molecule has 0 fully saturated rings. The number of carbonyl (C=O) groups excluding carboxylic acids is 1. The van der Waals surface area contributed by atoms with Crippen molar-refractivity contribution >= 4 is 11.6 Å². The lowest BCUT2D eigenvalue weighted by atomic mass is 10.3. The third kappa shape index (κ3) is 4.46. The molecule has 0 saturated carbocycles. The van der Waals surface area contributed by atoms with Gasteiger partial charge in [0.1, 0.15) is 11.6 Å². The minimum atomic E-state index is -0.189. The average molecular weight is 290 g/mol. The number of methoxy groups -OCH3 is 1. The number of benzene rings is 1. The Kier molecular flexibility index (Phi) is 5.10. The van der Waals surface area contributed by atoms with Crippen LogP contribution in [0.3, 0.4) is 0 Å². The summed E-state index contributed by atoms with van der Waals surface area (Å²) in [6, 6.07) is 7.57. The maximum absolute atomic E-state index is 11.4. The highest BCUT2D eigenvalue weighted by Crippen LogP contribution is 2.15. The number of aromatic amines is 1. The first-order chi connectivity index (χ1) is 10.2. The third-order valence-electron chi connectivity index (χ3n) is 2.71. The number of rotatable bonds is 7. The zero-order valence-electron chi connectivity index (χ0n) is 11.9. The summed E-state index contributed by atoms with van der Waals surface area (Å²) in [6.45, 7) is 0.493. The van der Waals surface area contributed by atoms with Gasteiger partial charge in [0.05, 0.1) is 20.1 Å². The summed E-state index contributed by atoms with van der Waals surface area (Å²) in [5, 5.41) is 9.99. The maximum atomic E-state index is 11.4. The van der Waals surface area contributed by atoms with Gasteiger partial charge in [0.15, 0.2) is 5.82 Å². The van der Waals surface area contributed by atoms with Gasteiger partial charge < -0.3 is 10.1 Å². The van der Waals surface area contributed by atoms with E-state index in [-0.39, 0.29) is 12.3 Å². The van der Waals surface area contributed by atoms with Gasteiger partial charge in [0, 0.05) is 12.7 Å². The van der Waals surface area contributed by atoms with Crippen LogP contribution in [0, 0.1) is 0 Å². The monoisotopic (exact) mass is 290 g/mol. The van der Waals surface area contributed by atoms with Crippen molar-refractivity contribution in [3.63, 3.8) is 0 Å². The topological polar surface area (TPSA) is 104 Å². The molecule has 8 nitrogen and oxygen atoms in total. The number of hydrazine groups is 1. The van der Waals surface area contributed by atoms with Crippen molar-refractivity contribution in [3.8, 4) is 5.75 Å². The third-order valence-corrected chi connectivity index (χ3v) is 2.71. The molecule has 21 heavy (non-hydrogen) atoms. The number of hydrogen-bond donors (Lipinski definition) is 4. The SMILES string of the molecule is CNNC(=O)Cc1n[nH]c(CNc2ccc(OC)cc2)n1. The van der Waals surface area contributed by atoms with E-state index in [4.69, 9.17) is 4.74 Å². The van der Waals surface area contributed by atoms with Crippen molar-refractivity contribution in [2.45, 2.75) is 13.0 Å². The molecule has 1 heterocycles. The van der Waals surface area contributed by atoms with Gasteiger partial charge in [0.25, 0.3) is 0 Å². The Morgan fingerprint density at radius 1 is 1.33 bits per heavy atom. The van der Waals surface area contributed by atoms with Crippen molar-refractivity contribution in [2.75, 3.05) is 19.5 Å². The van der Waals surface area contributed by atoms with Crippen LogP contribution in [0.25, 0.3) is 0 Å². The molecule has 2 aromatic rings. The molecule has 0 bridgehead atoms. The highest BCUT2D eigenvalue weighted by atomic mass is 16.5. The summed E-state index contributed by atoms with van der Waals surface area (Å²) in [5.41, 5.74) is 5.97. The number of amides is 1. The summed E-state index contributed by atoms with van der Waals surface area (Å²) >= 11 is 0. The number of carbonyl (C=O) groups is 1. The smallest absolute Gasteiger partial charge is 0.241 e. The number of nitrogens with one attached hydrogen (secondary N) is 4.